The minimum atomic E-state index is 0.172. The number of aromatic nitrogens is 2. The first-order valence-electron chi connectivity index (χ1n) is 9.43. The number of ketones is 1. The molecular weight excluding hydrogens is 332 g/mol. The standard InChI is InChI=1S/C19H26N4OS/c1-14(24)11-15-12-17-18(20-13-15)21-19(25-17)23-9-5-16(6-10-23)22-7-3-2-4-8-22/h12-13,16H,2-11H2,1H3. The number of hydrogen-bond donors (Lipinski definition) is 0. The molecule has 2 aromatic rings. The Balaban J connectivity index is 1.42. The molecule has 0 bridgehead atoms. The lowest BCUT2D eigenvalue weighted by Crippen LogP contribution is -2.46. The maximum Gasteiger partial charge on any atom is 0.188 e. The van der Waals surface area contributed by atoms with Gasteiger partial charge in [0.25, 0.3) is 0 Å². The van der Waals surface area contributed by atoms with Gasteiger partial charge in [-0.15, -0.1) is 0 Å². The fourth-order valence-electron chi connectivity index (χ4n) is 4.07. The molecule has 0 spiro atoms. The van der Waals surface area contributed by atoms with E-state index in [9.17, 15) is 4.79 Å². The zero-order valence-electron chi connectivity index (χ0n) is 14.9. The van der Waals surface area contributed by atoms with E-state index in [0.29, 0.717) is 6.42 Å². The molecule has 134 valence electrons. The fourth-order valence-corrected chi connectivity index (χ4v) is 5.11. The summed E-state index contributed by atoms with van der Waals surface area (Å²) in [6.45, 7) is 6.36. The Labute approximate surface area is 153 Å². The molecule has 0 saturated carbocycles. The first-order chi connectivity index (χ1) is 12.2. The van der Waals surface area contributed by atoms with Crippen LogP contribution in [-0.4, -0.2) is 52.9 Å². The monoisotopic (exact) mass is 358 g/mol. The van der Waals surface area contributed by atoms with Crippen molar-refractivity contribution in [2.24, 2.45) is 0 Å². The average molecular weight is 359 g/mol. The van der Waals surface area contributed by atoms with Crippen LogP contribution in [0.3, 0.4) is 0 Å². The summed E-state index contributed by atoms with van der Waals surface area (Å²) in [6.07, 6.45) is 8.85. The van der Waals surface area contributed by atoms with Crippen molar-refractivity contribution >= 4 is 32.6 Å². The first-order valence-corrected chi connectivity index (χ1v) is 10.2. The van der Waals surface area contributed by atoms with E-state index in [-0.39, 0.29) is 5.78 Å². The van der Waals surface area contributed by atoms with E-state index in [1.807, 2.05) is 0 Å². The highest BCUT2D eigenvalue weighted by Gasteiger charge is 2.26. The molecule has 0 unspecified atom stereocenters. The van der Waals surface area contributed by atoms with Gasteiger partial charge in [-0.05, 0) is 57.3 Å². The van der Waals surface area contributed by atoms with E-state index < -0.39 is 0 Å². The van der Waals surface area contributed by atoms with Gasteiger partial charge in [0.1, 0.15) is 5.78 Å². The lowest BCUT2D eigenvalue weighted by molar-refractivity contribution is -0.116. The Kier molecular flexibility index (Phi) is 4.99. The molecule has 0 aliphatic carbocycles. The molecule has 2 saturated heterocycles. The minimum Gasteiger partial charge on any atom is -0.348 e. The molecule has 25 heavy (non-hydrogen) atoms. The van der Waals surface area contributed by atoms with Gasteiger partial charge in [-0.3, -0.25) is 4.79 Å². The fraction of sp³-hybridized carbons (Fsp3) is 0.632. The lowest BCUT2D eigenvalue weighted by atomic mass is 10.0. The molecule has 0 radical (unpaired) electrons. The normalized spacial score (nSPS) is 20.3. The summed E-state index contributed by atoms with van der Waals surface area (Å²) in [5.41, 5.74) is 1.80. The van der Waals surface area contributed by atoms with Crippen LogP contribution in [0.25, 0.3) is 10.3 Å². The lowest BCUT2D eigenvalue weighted by Gasteiger charge is -2.40. The second kappa shape index (κ2) is 7.38. The molecule has 4 heterocycles. The van der Waals surface area contributed by atoms with E-state index in [4.69, 9.17) is 4.98 Å². The second-order valence-corrected chi connectivity index (χ2v) is 8.36. The van der Waals surface area contributed by atoms with E-state index in [0.717, 1.165) is 40.2 Å². The number of carbonyl (C=O) groups is 1. The van der Waals surface area contributed by atoms with Gasteiger partial charge < -0.3 is 9.80 Å². The van der Waals surface area contributed by atoms with Crippen molar-refractivity contribution in [1.29, 1.82) is 0 Å². The van der Waals surface area contributed by atoms with Crippen LogP contribution in [0.5, 0.6) is 0 Å². The van der Waals surface area contributed by atoms with Crippen LogP contribution in [-0.2, 0) is 11.2 Å². The largest absolute Gasteiger partial charge is 0.348 e. The van der Waals surface area contributed by atoms with Gasteiger partial charge in [-0.1, -0.05) is 17.8 Å². The Morgan fingerprint density at radius 1 is 1.20 bits per heavy atom. The molecule has 4 rings (SSSR count). The first kappa shape index (κ1) is 16.9. The molecule has 0 aromatic carbocycles. The molecule has 0 N–H and O–H groups in total. The third kappa shape index (κ3) is 3.85. The highest BCUT2D eigenvalue weighted by Crippen LogP contribution is 2.31. The Morgan fingerprint density at radius 3 is 2.68 bits per heavy atom. The van der Waals surface area contributed by atoms with Crippen molar-refractivity contribution in [2.75, 3.05) is 31.1 Å². The number of carbonyl (C=O) groups excluding carboxylic acids is 1. The quantitative estimate of drug-likeness (QED) is 0.839. The highest BCUT2D eigenvalue weighted by molar-refractivity contribution is 7.22. The van der Waals surface area contributed by atoms with Gasteiger partial charge in [0, 0.05) is 31.7 Å². The van der Waals surface area contributed by atoms with Crippen molar-refractivity contribution < 1.29 is 4.79 Å². The number of anilines is 1. The number of nitrogens with zero attached hydrogens (tertiary/aromatic N) is 4. The molecule has 5 nitrogen and oxygen atoms in total. The number of thiazole rings is 1. The average Bonchev–Trinajstić information content (AvgIpc) is 3.05. The van der Waals surface area contributed by atoms with Crippen molar-refractivity contribution in [1.82, 2.24) is 14.9 Å². The highest BCUT2D eigenvalue weighted by atomic mass is 32.1. The van der Waals surface area contributed by atoms with E-state index >= 15 is 0 Å². The molecule has 2 fully saturated rings. The predicted octanol–water partition coefficient (Wildman–Crippen LogP) is 3.28. The summed E-state index contributed by atoms with van der Waals surface area (Å²) < 4.78 is 1.09. The van der Waals surface area contributed by atoms with Crippen LogP contribution in [0.1, 0.15) is 44.6 Å². The smallest absolute Gasteiger partial charge is 0.188 e. The number of hydrogen-bond acceptors (Lipinski definition) is 6. The Hall–Kier alpha value is -1.53. The summed E-state index contributed by atoms with van der Waals surface area (Å²) in [5.74, 6) is 0.172. The number of rotatable bonds is 4. The number of likely N-dealkylation sites (tertiary alicyclic amines) is 1. The van der Waals surface area contributed by atoms with Gasteiger partial charge in [0.2, 0.25) is 0 Å². The van der Waals surface area contributed by atoms with Gasteiger partial charge in [0.15, 0.2) is 10.8 Å². The van der Waals surface area contributed by atoms with Crippen LogP contribution < -0.4 is 4.90 Å². The second-order valence-electron chi connectivity index (χ2n) is 7.36. The van der Waals surface area contributed by atoms with Crippen molar-refractivity contribution in [3.63, 3.8) is 0 Å². The predicted molar refractivity (Wildman–Crippen MR) is 102 cm³/mol. The molecule has 0 amide bonds. The summed E-state index contributed by atoms with van der Waals surface area (Å²) in [5, 5.41) is 1.08. The molecule has 2 aliphatic rings. The third-order valence-electron chi connectivity index (χ3n) is 5.39. The van der Waals surface area contributed by atoms with Crippen LogP contribution >= 0.6 is 11.3 Å². The van der Waals surface area contributed by atoms with Crippen LogP contribution in [0, 0.1) is 0 Å². The van der Waals surface area contributed by atoms with E-state index in [2.05, 4.69) is 20.9 Å². The summed E-state index contributed by atoms with van der Waals surface area (Å²) in [4.78, 5) is 25.6. The summed E-state index contributed by atoms with van der Waals surface area (Å²) >= 11 is 1.71. The van der Waals surface area contributed by atoms with Gasteiger partial charge in [-0.25, -0.2) is 4.98 Å². The zero-order chi connectivity index (χ0) is 17.2. The van der Waals surface area contributed by atoms with Gasteiger partial charge in [0.05, 0.1) is 4.70 Å². The molecule has 2 aliphatic heterocycles. The van der Waals surface area contributed by atoms with Crippen LogP contribution in [0.4, 0.5) is 5.13 Å². The van der Waals surface area contributed by atoms with Crippen molar-refractivity contribution in [2.45, 2.75) is 51.5 Å². The number of fused-ring (bicyclic) bond motifs is 1. The number of pyridine rings is 1. The SMILES string of the molecule is CC(=O)Cc1cnc2nc(N3CCC(N4CCCCC4)CC3)sc2c1. The Morgan fingerprint density at radius 2 is 1.96 bits per heavy atom. The topological polar surface area (TPSA) is 49.3 Å². The number of piperidine rings is 2. The summed E-state index contributed by atoms with van der Waals surface area (Å²) in [7, 11) is 0. The van der Waals surface area contributed by atoms with E-state index in [1.165, 1.54) is 45.2 Å². The molecule has 6 heteroatoms. The molecular formula is C19H26N4OS. The van der Waals surface area contributed by atoms with Gasteiger partial charge in [-0.2, -0.15) is 4.98 Å². The van der Waals surface area contributed by atoms with Gasteiger partial charge >= 0.3 is 0 Å². The third-order valence-corrected chi connectivity index (χ3v) is 6.44. The van der Waals surface area contributed by atoms with Crippen molar-refractivity contribution in [3.05, 3.63) is 17.8 Å². The zero-order valence-corrected chi connectivity index (χ0v) is 15.7. The van der Waals surface area contributed by atoms with Crippen LogP contribution in [0.15, 0.2) is 12.3 Å². The number of Topliss-reactive ketones (excluding diaryl/α,β-unsaturated/α-hetero) is 1. The minimum absolute atomic E-state index is 0.172. The van der Waals surface area contributed by atoms with E-state index in [1.54, 1.807) is 24.5 Å². The molecule has 0 atom stereocenters. The Bertz CT molecular complexity index is 745. The van der Waals surface area contributed by atoms with Crippen LogP contribution in [0.2, 0.25) is 0 Å². The maximum atomic E-state index is 11.3. The summed E-state index contributed by atoms with van der Waals surface area (Å²) in [6, 6.07) is 2.83. The van der Waals surface area contributed by atoms with Crippen molar-refractivity contribution in [3.8, 4) is 0 Å². The maximum absolute atomic E-state index is 11.3. The molecule has 2 aromatic heterocycles.